The smallest absolute Gasteiger partial charge is 0.325 e. The Hall–Kier alpha value is -2.37. The summed E-state index contributed by atoms with van der Waals surface area (Å²) in [4.78, 5) is 28.6. The molecule has 148 valence electrons. The molecule has 6 heteroatoms. The number of nitrogens with zero attached hydrogens (tertiary/aromatic N) is 1. The molecule has 27 heavy (non-hydrogen) atoms. The second-order valence-corrected chi connectivity index (χ2v) is 8.75. The largest absolute Gasteiger partial charge is 0.459 e. The molecule has 1 aromatic rings. The standard InChI is InChI=1S/C21H31N3O3/c1-20(2,3)27-18(25)12-22-19(26)16-8-6-7-15(11-16)9-10-17-23-13-21(4,5)14-24-17/h6-8,11H,9-10,12-14H2,1-5H3,(H,22,26)(H,23,24). The number of amides is 1. The molecule has 1 amide bonds. The van der Waals surface area contributed by atoms with Crippen LogP contribution < -0.4 is 10.6 Å². The first-order chi connectivity index (χ1) is 12.5. The first-order valence-electron chi connectivity index (χ1n) is 9.40. The maximum atomic E-state index is 12.3. The highest BCUT2D eigenvalue weighted by molar-refractivity contribution is 5.96. The van der Waals surface area contributed by atoms with Gasteiger partial charge < -0.3 is 15.4 Å². The molecule has 0 aliphatic carbocycles. The molecular formula is C21H31N3O3. The molecule has 1 aliphatic heterocycles. The molecule has 2 rings (SSSR count). The van der Waals surface area contributed by atoms with E-state index in [4.69, 9.17) is 4.74 Å². The Balaban J connectivity index is 1.86. The average molecular weight is 373 g/mol. The van der Waals surface area contributed by atoms with Crippen LogP contribution in [0.3, 0.4) is 0 Å². The van der Waals surface area contributed by atoms with E-state index in [-0.39, 0.29) is 17.9 Å². The minimum Gasteiger partial charge on any atom is -0.459 e. The Morgan fingerprint density at radius 3 is 2.63 bits per heavy atom. The van der Waals surface area contributed by atoms with Gasteiger partial charge in [0.15, 0.2) is 0 Å². The zero-order chi connectivity index (χ0) is 20.1. The fourth-order valence-electron chi connectivity index (χ4n) is 2.69. The molecule has 0 radical (unpaired) electrons. The van der Waals surface area contributed by atoms with Crippen molar-refractivity contribution in [2.45, 2.75) is 53.1 Å². The lowest BCUT2D eigenvalue weighted by Crippen LogP contribution is -2.40. The maximum Gasteiger partial charge on any atom is 0.325 e. The highest BCUT2D eigenvalue weighted by Gasteiger charge is 2.22. The topological polar surface area (TPSA) is 79.8 Å². The minimum atomic E-state index is -0.563. The van der Waals surface area contributed by atoms with Crippen molar-refractivity contribution in [2.24, 2.45) is 10.4 Å². The highest BCUT2D eigenvalue weighted by atomic mass is 16.6. The van der Waals surface area contributed by atoms with Gasteiger partial charge in [0.1, 0.15) is 12.1 Å². The van der Waals surface area contributed by atoms with Crippen LogP contribution in [0, 0.1) is 5.41 Å². The Morgan fingerprint density at radius 2 is 2.00 bits per heavy atom. The van der Waals surface area contributed by atoms with Crippen LogP contribution in [0.1, 0.15) is 57.0 Å². The summed E-state index contributed by atoms with van der Waals surface area (Å²) in [5.41, 5.74) is 1.24. The van der Waals surface area contributed by atoms with Crippen LogP contribution in [-0.4, -0.2) is 42.9 Å². The summed E-state index contributed by atoms with van der Waals surface area (Å²) in [6.07, 6.45) is 1.62. The Morgan fingerprint density at radius 1 is 1.26 bits per heavy atom. The predicted molar refractivity (Wildman–Crippen MR) is 107 cm³/mol. The lowest BCUT2D eigenvalue weighted by atomic mass is 9.92. The summed E-state index contributed by atoms with van der Waals surface area (Å²) in [5.74, 6) is 0.294. The van der Waals surface area contributed by atoms with Crippen LogP contribution in [-0.2, 0) is 16.0 Å². The third-order valence-corrected chi connectivity index (χ3v) is 4.12. The number of hydrogen-bond donors (Lipinski definition) is 2. The lowest BCUT2D eigenvalue weighted by Gasteiger charge is -2.29. The molecule has 1 heterocycles. The van der Waals surface area contributed by atoms with Gasteiger partial charge in [0.2, 0.25) is 0 Å². The molecule has 0 saturated heterocycles. The van der Waals surface area contributed by atoms with E-state index >= 15 is 0 Å². The van der Waals surface area contributed by atoms with E-state index in [1.54, 1.807) is 26.8 Å². The summed E-state index contributed by atoms with van der Waals surface area (Å²) in [7, 11) is 0. The van der Waals surface area contributed by atoms with Gasteiger partial charge >= 0.3 is 5.97 Å². The van der Waals surface area contributed by atoms with Crippen LogP contribution in [0.2, 0.25) is 0 Å². The first-order valence-corrected chi connectivity index (χ1v) is 9.40. The average Bonchev–Trinajstić information content (AvgIpc) is 2.57. The summed E-state index contributed by atoms with van der Waals surface area (Å²) >= 11 is 0. The maximum absolute atomic E-state index is 12.3. The number of hydrogen-bond acceptors (Lipinski definition) is 5. The Bertz CT molecular complexity index is 718. The van der Waals surface area contributed by atoms with Crippen LogP contribution in [0.4, 0.5) is 0 Å². The van der Waals surface area contributed by atoms with Crippen molar-refractivity contribution in [1.82, 2.24) is 10.6 Å². The van der Waals surface area contributed by atoms with Crippen LogP contribution in [0.25, 0.3) is 0 Å². The Kier molecular flexibility index (Phi) is 6.63. The number of amidine groups is 1. The predicted octanol–water partition coefficient (Wildman–Crippen LogP) is 2.72. The van der Waals surface area contributed by atoms with Gasteiger partial charge in [-0.1, -0.05) is 26.0 Å². The van der Waals surface area contributed by atoms with Crippen molar-refractivity contribution in [2.75, 3.05) is 19.6 Å². The van der Waals surface area contributed by atoms with Gasteiger partial charge in [-0.05, 0) is 44.9 Å². The van der Waals surface area contributed by atoms with Gasteiger partial charge in [0.05, 0.1) is 5.84 Å². The molecule has 6 nitrogen and oxygen atoms in total. The lowest BCUT2D eigenvalue weighted by molar-refractivity contribution is -0.153. The number of rotatable bonds is 6. The number of aliphatic imine (C=N–C) groups is 1. The normalized spacial score (nSPS) is 16.1. The molecule has 0 saturated carbocycles. The molecule has 2 N–H and O–H groups in total. The minimum absolute atomic E-state index is 0.142. The number of aryl methyl sites for hydroxylation is 1. The molecular weight excluding hydrogens is 342 g/mol. The molecule has 0 unspecified atom stereocenters. The van der Waals surface area contributed by atoms with Crippen LogP contribution in [0.5, 0.6) is 0 Å². The number of carbonyl (C=O) groups is 2. The zero-order valence-corrected chi connectivity index (χ0v) is 17.0. The van der Waals surface area contributed by atoms with Crippen molar-refractivity contribution >= 4 is 17.7 Å². The fraction of sp³-hybridized carbons (Fsp3) is 0.571. The van der Waals surface area contributed by atoms with Gasteiger partial charge in [0.25, 0.3) is 5.91 Å². The Labute approximate surface area is 161 Å². The zero-order valence-electron chi connectivity index (χ0n) is 17.0. The van der Waals surface area contributed by atoms with Crippen molar-refractivity contribution < 1.29 is 14.3 Å². The van der Waals surface area contributed by atoms with E-state index in [1.807, 2.05) is 18.2 Å². The van der Waals surface area contributed by atoms with E-state index in [1.165, 1.54) is 0 Å². The van der Waals surface area contributed by atoms with Gasteiger partial charge in [-0.3, -0.25) is 14.6 Å². The molecule has 0 bridgehead atoms. The number of carbonyl (C=O) groups excluding carboxylic acids is 2. The first kappa shape index (κ1) is 20.9. The van der Waals surface area contributed by atoms with Crippen molar-refractivity contribution in [3.63, 3.8) is 0 Å². The molecule has 1 aliphatic rings. The third kappa shape index (κ3) is 7.41. The molecule has 0 fully saturated rings. The second-order valence-electron chi connectivity index (χ2n) is 8.75. The summed E-state index contributed by atoms with van der Waals surface area (Å²) < 4.78 is 5.19. The number of benzene rings is 1. The van der Waals surface area contributed by atoms with Crippen LogP contribution >= 0.6 is 0 Å². The van der Waals surface area contributed by atoms with Gasteiger partial charge in [0, 0.05) is 30.5 Å². The molecule has 1 aromatic carbocycles. The van der Waals surface area contributed by atoms with Crippen molar-refractivity contribution in [1.29, 1.82) is 0 Å². The summed E-state index contributed by atoms with van der Waals surface area (Å²) in [5, 5.41) is 6.00. The molecule has 0 spiro atoms. The fourth-order valence-corrected chi connectivity index (χ4v) is 2.69. The molecule has 0 atom stereocenters. The number of ether oxygens (including phenoxy) is 1. The van der Waals surface area contributed by atoms with E-state index in [2.05, 4.69) is 29.5 Å². The van der Waals surface area contributed by atoms with Crippen molar-refractivity contribution in [3.05, 3.63) is 35.4 Å². The van der Waals surface area contributed by atoms with Gasteiger partial charge in [-0.2, -0.15) is 0 Å². The van der Waals surface area contributed by atoms with E-state index < -0.39 is 11.6 Å². The third-order valence-electron chi connectivity index (χ3n) is 4.12. The second kappa shape index (κ2) is 8.55. The monoisotopic (exact) mass is 373 g/mol. The quantitative estimate of drug-likeness (QED) is 0.752. The van der Waals surface area contributed by atoms with E-state index in [0.29, 0.717) is 5.56 Å². The van der Waals surface area contributed by atoms with E-state index in [0.717, 1.165) is 37.3 Å². The van der Waals surface area contributed by atoms with Crippen LogP contribution in [0.15, 0.2) is 29.3 Å². The van der Waals surface area contributed by atoms with Gasteiger partial charge in [-0.15, -0.1) is 0 Å². The number of esters is 1. The number of nitrogens with one attached hydrogen (secondary N) is 2. The SMILES string of the molecule is CC1(C)CN=C(CCc2cccc(C(=O)NCC(=O)OC(C)(C)C)c2)NC1. The summed E-state index contributed by atoms with van der Waals surface area (Å²) in [6, 6.07) is 7.46. The van der Waals surface area contributed by atoms with Gasteiger partial charge in [-0.25, -0.2) is 0 Å². The van der Waals surface area contributed by atoms with Crippen molar-refractivity contribution in [3.8, 4) is 0 Å². The summed E-state index contributed by atoms with van der Waals surface area (Å²) in [6.45, 7) is 11.4. The van der Waals surface area contributed by atoms with E-state index in [9.17, 15) is 9.59 Å². The highest BCUT2D eigenvalue weighted by Crippen LogP contribution is 2.18. The molecule has 0 aromatic heterocycles.